The van der Waals surface area contributed by atoms with Crippen LogP contribution in [0.5, 0.6) is 0 Å². The van der Waals surface area contributed by atoms with Gasteiger partial charge in [0, 0.05) is 29.7 Å². The molecule has 3 aromatic heterocycles. The van der Waals surface area contributed by atoms with Crippen molar-refractivity contribution in [2.45, 2.75) is 6.42 Å². The van der Waals surface area contributed by atoms with Crippen LogP contribution in [0, 0.1) is 0 Å². The number of nitrogens with one attached hydrogen (secondary N) is 1. The van der Waals surface area contributed by atoms with Crippen molar-refractivity contribution in [2.24, 2.45) is 0 Å². The quantitative estimate of drug-likeness (QED) is 0.450. The van der Waals surface area contributed by atoms with Crippen molar-refractivity contribution in [1.29, 1.82) is 0 Å². The highest BCUT2D eigenvalue weighted by Crippen LogP contribution is 2.29. The van der Waals surface area contributed by atoms with Gasteiger partial charge in [-0.3, -0.25) is 4.98 Å². The van der Waals surface area contributed by atoms with E-state index in [9.17, 15) is 0 Å². The van der Waals surface area contributed by atoms with Gasteiger partial charge in [-0.2, -0.15) is 0 Å². The van der Waals surface area contributed by atoms with Gasteiger partial charge < -0.3 is 5.32 Å². The summed E-state index contributed by atoms with van der Waals surface area (Å²) in [7, 11) is 0. The van der Waals surface area contributed by atoms with Gasteiger partial charge in [0.25, 0.3) is 0 Å². The third-order valence-electron chi connectivity index (χ3n) is 4.62. The van der Waals surface area contributed by atoms with Crippen LogP contribution in [0.25, 0.3) is 21.0 Å². The highest BCUT2D eigenvalue weighted by molar-refractivity contribution is 7.16. The summed E-state index contributed by atoms with van der Waals surface area (Å²) < 4.78 is 1.17. The van der Waals surface area contributed by atoms with Crippen molar-refractivity contribution in [2.75, 3.05) is 5.32 Å². The molecule has 0 amide bonds. The minimum Gasteiger partial charge on any atom is -0.340 e. The van der Waals surface area contributed by atoms with E-state index in [0.717, 1.165) is 28.8 Å². The van der Waals surface area contributed by atoms with E-state index < -0.39 is 0 Å². The number of aromatic nitrogens is 3. The number of hydrogen-bond donors (Lipinski definition) is 1. The van der Waals surface area contributed by atoms with Gasteiger partial charge in [0.15, 0.2) is 0 Å². The van der Waals surface area contributed by atoms with Gasteiger partial charge in [-0.25, -0.2) is 9.97 Å². The maximum Gasteiger partial charge on any atom is 0.138 e. The first-order valence-corrected chi connectivity index (χ1v) is 9.60. The number of fused-ring (bicyclic) bond motifs is 2. The Morgan fingerprint density at radius 1 is 0.889 bits per heavy atom. The van der Waals surface area contributed by atoms with E-state index in [1.54, 1.807) is 11.3 Å². The Kier molecular flexibility index (Phi) is 3.99. The van der Waals surface area contributed by atoms with Crippen LogP contribution in [-0.4, -0.2) is 15.0 Å². The lowest BCUT2D eigenvalue weighted by atomic mass is 10.0. The highest BCUT2D eigenvalue weighted by Gasteiger charge is 2.09. The standard InChI is InChI=1S/C22H16N4S/c1-2-4-19-18(3-1)16(11-15-7-9-23-10-8-15)13-24-22(19)26-17-5-6-20-21(12-17)27-14-25-20/h1-10,12-14H,11H2,(H,24,26). The van der Waals surface area contributed by atoms with Gasteiger partial charge in [0.1, 0.15) is 5.82 Å². The molecule has 5 rings (SSSR count). The molecular formula is C22H16N4S. The number of benzene rings is 2. The fourth-order valence-electron chi connectivity index (χ4n) is 3.28. The minimum atomic E-state index is 0.836. The molecule has 0 spiro atoms. The molecule has 0 atom stereocenters. The number of nitrogens with zero attached hydrogens (tertiary/aromatic N) is 3. The lowest BCUT2D eigenvalue weighted by Crippen LogP contribution is -1.98. The molecule has 5 aromatic rings. The average molecular weight is 368 g/mol. The van der Waals surface area contributed by atoms with Gasteiger partial charge in [-0.05, 0) is 53.3 Å². The van der Waals surface area contributed by atoms with Crippen molar-refractivity contribution < 1.29 is 0 Å². The molecule has 0 aliphatic heterocycles. The molecule has 27 heavy (non-hydrogen) atoms. The second-order valence-corrected chi connectivity index (χ2v) is 7.26. The van der Waals surface area contributed by atoms with Crippen molar-refractivity contribution in [3.63, 3.8) is 0 Å². The molecule has 0 saturated heterocycles. The van der Waals surface area contributed by atoms with Crippen molar-refractivity contribution >= 4 is 43.8 Å². The van der Waals surface area contributed by atoms with E-state index in [0.29, 0.717) is 0 Å². The zero-order valence-electron chi connectivity index (χ0n) is 14.5. The van der Waals surface area contributed by atoms with E-state index >= 15 is 0 Å². The smallest absolute Gasteiger partial charge is 0.138 e. The molecule has 0 fully saturated rings. The molecule has 130 valence electrons. The van der Waals surface area contributed by atoms with Crippen molar-refractivity contribution in [3.05, 3.63) is 89.8 Å². The lowest BCUT2D eigenvalue weighted by molar-refractivity contribution is 1.15. The Bertz CT molecular complexity index is 1230. The molecule has 0 saturated carbocycles. The summed E-state index contributed by atoms with van der Waals surface area (Å²) in [6.45, 7) is 0. The number of pyridine rings is 2. The number of thiazole rings is 1. The second kappa shape index (κ2) is 6.78. The summed E-state index contributed by atoms with van der Waals surface area (Å²) in [6.07, 6.45) is 6.46. The van der Waals surface area contributed by atoms with Gasteiger partial charge in [-0.15, -0.1) is 11.3 Å². The van der Waals surface area contributed by atoms with Crippen molar-refractivity contribution in [3.8, 4) is 0 Å². The number of rotatable bonds is 4. The Labute approximate surface area is 160 Å². The molecule has 3 heterocycles. The zero-order valence-corrected chi connectivity index (χ0v) is 15.3. The first-order valence-electron chi connectivity index (χ1n) is 8.73. The van der Waals surface area contributed by atoms with Crippen LogP contribution < -0.4 is 5.32 Å². The van der Waals surface area contributed by atoms with E-state index in [1.807, 2.05) is 48.4 Å². The molecule has 0 unspecified atom stereocenters. The maximum absolute atomic E-state index is 4.73. The normalized spacial score (nSPS) is 11.1. The van der Waals surface area contributed by atoms with Gasteiger partial charge >= 0.3 is 0 Å². The Morgan fingerprint density at radius 3 is 2.63 bits per heavy atom. The largest absolute Gasteiger partial charge is 0.340 e. The SMILES string of the molecule is c1ccc2c(Nc3ccc4ncsc4c3)ncc(Cc3ccncc3)c2c1. The highest BCUT2D eigenvalue weighted by atomic mass is 32.1. The summed E-state index contributed by atoms with van der Waals surface area (Å²) in [5.74, 6) is 0.868. The van der Waals surface area contributed by atoms with Crippen molar-refractivity contribution in [1.82, 2.24) is 15.0 Å². The Hall–Kier alpha value is -3.31. The maximum atomic E-state index is 4.73. The van der Waals surface area contributed by atoms with Gasteiger partial charge in [0.05, 0.1) is 15.7 Å². The number of hydrogen-bond acceptors (Lipinski definition) is 5. The third kappa shape index (κ3) is 3.13. The van der Waals surface area contributed by atoms with E-state index in [-0.39, 0.29) is 0 Å². The summed E-state index contributed by atoms with van der Waals surface area (Å²) in [5, 5.41) is 5.81. The molecule has 1 N–H and O–H groups in total. The van der Waals surface area contributed by atoms with Crippen LogP contribution in [0.2, 0.25) is 0 Å². The van der Waals surface area contributed by atoms with Crippen LogP contribution in [0.3, 0.4) is 0 Å². The monoisotopic (exact) mass is 368 g/mol. The topological polar surface area (TPSA) is 50.7 Å². The molecule has 2 aromatic carbocycles. The Balaban J connectivity index is 1.54. The lowest BCUT2D eigenvalue weighted by Gasteiger charge is -2.12. The zero-order chi connectivity index (χ0) is 18.1. The minimum absolute atomic E-state index is 0.836. The number of anilines is 2. The first kappa shape index (κ1) is 15.9. The van der Waals surface area contributed by atoms with E-state index in [1.165, 1.54) is 21.2 Å². The summed E-state index contributed by atoms with van der Waals surface area (Å²) in [6, 6.07) is 18.7. The molecule has 0 radical (unpaired) electrons. The molecule has 0 aliphatic rings. The predicted molar refractivity (Wildman–Crippen MR) is 112 cm³/mol. The summed E-state index contributed by atoms with van der Waals surface area (Å²) >= 11 is 1.64. The molecule has 0 aliphatic carbocycles. The van der Waals surface area contributed by atoms with Crippen LogP contribution in [-0.2, 0) is 6.42 Å². The van der Waals surface area contributed by atoms with Crippen LogP contribution in [0.15, 0.2) is 78.7 Å². The molecule has 4 nitrogen and oxygen atoms in total. The fourth-order valence-corrected chi connectivity index (χ4v) is 4.00. The predicted octanol–water partition coefficient (Wildman–Crippen LogP) is 5.57. The van der Waals surface area contributed by atoms with Crippen LogP contribution >= 0.6 is 11.3 Å². The molecule has 0 bridgehead atoms. The van der Waals surface area contributed by atoms with E-state index in [2.05, 4.69) is 45.6 Å². The van der Waals surface area contributed by atoms with Gasteiger partial charge in [0.2, 0.25) is 0 Å². The third-order valence-corrected chi connectivity index (χ3v) is 5.41. The second-order valence-electron chi connectivity index (χ2n) is 6.37. The van der Waals surface area contributed by atoms with Crippen LogP contribution in [0.1, 0.15) is 11.1 Å². The molecule has 5 heteroatoms. The average Bonchev–Trinajstić information content (AvgIpc) is 3.18. The first-order chi connectivity index (χ1) is 13.4. The fraction of sp³-hybridized carbons (Fsp3) is 0.0455. The summed E-state index contributed by atoms with van der Waals surface area (Å²) in [4.78, 5) is 13.2. The van der Waals surface area contributed by atoms with E-state index in [4.69, 9.17) is 4.98 Å². The summed E-state index contributed by atoms with van der Waals surface area (Å²) in [5.41, 5.74) is 6.35. The Morgan fingerprint density at radius 2 is 1.74 bits per heavy atom. The van der Waals surface area contributed by atoms with Crippen LogP contribution in [0.4, 0.5) is 11.5 Å². The van der Waals surface area contributed by atoms with Gasteiger partial charge in [-0.1, -0.05) is 24.3 Å². The molecular weight excluding hydrogens is 352 g/mol.